The fraction of sp³-hybridized carbons (Fsp3) is 0.125. The predicted octanol–water partition coefficient (Wildman–Crippen LogP) is 2.47. The van der Waals surface area contributed by atoms with E-state index in [4.69, 9.17) is 4.74 Å². The molecule has 0 saturated heterocycles. The fourth-order valence-corrected chi connectivity index (χ4v) is 1.67. The second kappa shape index (κ2) is 6.65. The van der Waals surface area contributed by atoms with Gasteiger partial charge in [-0.3, -0.25) is 4.79 Å². The molecule has 0 heterocycles. The lowest BCUT2D eigenvalue weighted by molar-refractivity contribution is -0.133. The Morgan fingerprint density at radius 2 is 1.76 bits per heavy atom. The van der Waals surface area contributed by atoms with E-state index in [0.717, 1.165) is 5.56 Å². The van der Waals surface area contributed by atoms with Gasteiger partial charge in [0.25, 0.3) is 5.91 Å². The lowest BCUT2D eigenvalue weighted by Gasteiger charge is -2.07. The quantitative estimate of drug-likeness (QED) is 0.694. The first kappa shape index (κ1) is 14.7. The third-order valence-corrected chi connectivity index (χ3v) is 2.76. The van der Waals surface area contributed by atoms with Crippen molar-refractivity contribution in [2.75, 3.05) is 6.54 Å². The molecule has 0 unspecified atom stereocenters. The van der Waals surface area contributed by atoms with Crippen LogP contribution < -0.4 is 10.1 Å². The predicted molar refractivity (Wildman–Crippen MR) is 75.5 cm³/mol. The Morgan fingerprint density at radius 1 is 1.10 bits per heavy atom. The van der Waals surface area contributed by atoms with Gasteiger partial charge in [-0.05, 0) is 31.2 Å². The Hall–Kier alpha value is -2.69. The maximum atomic E-state index is 13.4. The number of amides is 1. The first-order valence-electron chi connectivity index (χ1n) is 6.36. The summed E-state index contributed by atoms with van der Waals surface area (Å²) in [5, 5.41) is 2.32. The second-order valence-electron chi connectivity index (χ2n) is 4.45. The van der Waals surface area contributed by atoms with E-state index in [1.807, 2.05) is 6.92 Å². The Kier molecular flexibility index (Phi) is 4.66. The van der Waals surface area contributed by atoms with Gasteiger partial charge in [0, 0.05) is 0 Å². The SMILES string of the molecule is Cc1ccc(OC(=O)CNC(=O)c2ccccc2F)cc1. The highest BCUT2D eigenvalue weighted by Gasteiger charge is 2.12. The molecule has 21 heavy (non-hydrogen) atoms. The van der Waals surface area contributed by atoms with Crippen molar-refractivity contribution in [2.24, 2.45) is 0 Å². The van der Waals surface area contributed by atoms with E-state index >= 15 is 0 Å². The maximum absolute atomic E-state index is 13.4. The van der Waals surface area contributed by atoms with Gasteiger partial charge in [0.2, 0.25) is 0 Å². The van der Waals surface area contributed by atoms with Gasteiger partial charge in [0.1, 0.15) is 18.1 Å². The largest absolute Gasteiger partial charge is 0.425 e. The van der Waals surface area contributed by atoms with Crippen LogP contribution in [0.1, 0.15) is 15.9 Å². The molecule has 0 aromatic heterocycles. The smallest absolute Gasteiger partial charge is 0.330 e. The van der Waals surface area contributed by atoms with E-state index in [1.165, 1.54) is 18.2 Å². The molecule has 2 rings (SSSR count). The van der Waals surface area contributed by atoms with Gasteiger partial charge in [-0.2, -0.15) is 0 Å². The number of aryl methyl sites for hydroxylation is 1. The normalized spacial score (nSPS) is 10.0. The van der Waals surface area contributed by atoms with Crippen molar-refractivity contribution in [3.05, 3.63) is 65.5 Å². The zero-order valence-electron chi connectivity index (χ0n) is 11.4. The Bertz CT molecular complexity index is 653. The van der Waals surface area contributed by atoms with Crippen molar-refractivity contribution < 1.29 is 18.7 Å². The van der Waals surface area contributed by atoms with Gasteiger partial charge < -0.3 is 10.1 Å². The lowest BCUT2D eigenvalue weighted by atomic mass is 10.2. The molecule has 108 valence electrons. The lowest BCUT2D eigenvalue weighted by Crippen LogP contribution is -2.32. The van der Waals surface area contributed by atoms with Crippen molar-refractivity contribution >= 4 is 11.9 Å². The fourth-order valence-electron chi connectivity index (χ4n) is 1.67. The highest BCUT2D eigenvalue weighted by Crippen LogP contribution is 2.11. The first-order chi connectivity index (χ1) is 10.1. The molecule has 0 aliphatic rings. The molecule has 0 atom stereocenters. The molecule has 0 aliphatic carbocycles. The van der Waals surface area contributed by atoms with E-state index in [1.54, 1.807) is 30.3 Å². The summed E-state index contributed by atoms with van der Waals surface area (Å²) in [6.07, 6.45) is 0. The van der Waals surface area contributed by atoms with Crippen LogP contribution >= 0.6 is 0 Å². The van der Waals surface area contributed by atoms with Crippen LogP contribution in [0.4, 0.5) is 4.39 Å². The summed E-state index contributed by atoms with van der Waals surface area (Å²) in [7, 11) is 0. The number of esters is 1. The molecule has 0 bridgehead atoms. The van der Waals surface area contributed by atoms with Crippen molar-refractivity contribution in [2.45, 2.75) is 6.92 Å². The van der Waals surface area contributed by atoms with Gasteiger partial charge in [-0.25, -0.2) is 9.18 Å². The van der Waals surface area contributed by atoms with E-state index < -0.39 is 17.7 Å². The maximum Gasteiger partial charge on any atom is 0.330 e. The molecule has 0 aliphatic heterocycles. The number of ether oxygens (including phenoxy) is 1. The molecule has 1 N–H and O–H groups in total. The molecule has 1 amide bonds. The summed E-state index contributed by atoms with van der Waals surface area (Å²) in [4.78, 5) is 23.3. The van der Waals surface area contributed by atoms with Crippen molar-refractivity contribution in [1.29, 1.82) is 0 Å². The summed E-state index contributed by atoms with van der Waals surface area (Å²) >= 11 is 0. The minimum absolute atomic E-state index is 0.111. The average Bonchev–Trinajstić information content (AvgIpc) is 2.48. The van der Waals surface area contributed by atoms with Crippen LogP contribution in [0.3, 0.4) is 0 Å². The number of rotatable bonds is 4. The number of carbonyl (C=O) groups is 2. The minimum atomic E-state index is -0.658. The van der Waals surface area contributed by atoms with Gasteiger partial charge in [0.05, 0.1) is 5.56 Å². The van der Waals surface area contributed by atoms with Crippen molar-refractivity contribution in [3.63, 3.8) is 0 Å². The Labute approximate surface area is 121 Å². The molecule has 0 saturated carbocycles. The molecule has 2 aromatic rings. The summed E-state index contributed by atoms with van der Waals surface area (Å²) in [6.45, 7) is 1.58. The van der Waals surface area contributed by atoms with Gasteiger partial charge in [-0.1, -0.05) is 29.8 Å². The van der Waals surface area contributed by atoms with E-state index in [9.17, 15) is 14.0 Å². The first-order valence-corrected chi connectivity index (χ1v) is 6.36. The average molecular weight is 287 g/mol. The van der Waals surface area contributed by atoms with Crippen LogP contribution in [0, 0.1) is 12.7 Å². The number of carbonyl (C=O) groups excluding carboxylic acids is 2. The number of nitrogens with one attached hydrogen (secondary N) is 1. The number of hydrogen-bond donors (Lipinski definition) is 1. The summed E-state index contributed by atoms with van der Waals surface area (Å²) in [5.41, 5.74) is 0.934. The highest BCUT2D eigenvalue weighted by molar-refractivity contribution is 5.96. The van der Waals surface area contributed by atoms with Crippen LogP contribution in [0.2, 0.25) is 0 Å². The highest BCUT2D eigenvalue weighted by atomic mass is 19.1. The van der Waals surface area contributed by atoms with Crippen LogP contribution in [0.5, 0.6) is 5.75 Å². The number of halogens is 1. The second-order valence-corrected chi connectivity index (χ2v) is 4.45. The molecule has 0 spiro atoms. The number of benzene rings is 2. The van der Waals surface area contributed by atoms with Gasteiger partial charge in [-0.15, -0.1) is 0 Å². The van der Waals surface area contributed by atoms with Gasteiger partial charge >= 0.3 is 5.97 Å². The van der Waals surface area contributed by atoms with Crippen molar-refractivity contribution in [3.8, 4) is 5.75 Å². The standard InChI is InChI=1S/C16H14FNO3/c1-11-6-8-12(9-7-11)21-15(19)10-18-16(20)13-4-2-3-5-14(13)17/h2-9H,10H2,1H3,(H,18,20). The van der Waals surface area contributed by atoms with Crippen LogP contribution in [0.25, 0.3) is 0 Å². The number of hydrogen-bond acceptors (Lipinski definition) is 3. The minimum Gasteiger partial charge on any atom is -0.425 e. The summed E-state index contributed by atoms with van der Waals surface area (Å²) in [6, 6.07) is 12.5. The molecule has 4 nitrogen and oxygen atoms in total. The molecule has 5 heteroatoms. The van der Waals surface area contributed by atoms with E-state index in [-0.39, 0.29) is 12.1 Å². The molecule has 0 fully saturated rings. The summed E-state index contributed by atoms with van der Waals surface area (Å²) < 4.78 is 18.4. The van der Waals surface area contributed by atoms with Crippen molar-refractivity contribution in [1.82, 2.24) is 5.32 Å². The molecule has 2 aromatic carbocycles. The third kappa shape index (κ3) is 4.14. The Morgan fingerprint density at radius 3 is 2.43 bits per heavy atom. The monoisotopic (exact) mass is 287 g/mol. The zero-order valence-corrected chi connectivity index (χ0v) is 11.4. The van der Waals surface area contributed by atoms with Crippen LogP contribution in [-0.2, 0) is 4.79 Å². The van der Waals surface area contributed by atoms with Gasteiger partial charge in [0.15, 0.2) is 0 Å². The molecular weight excluding hydrogens is 273 g/mol. The summed E-state index contributed by atoms with van der Waals surface area (Å²) in [5.74, 6) is -1.52. The molecular formula is C16H14FNO3. The topological polar surface area (TPSA) is 55.4 Å². The van der Waals surface area contributed by atoms with E-state index in [2.05, 4.69) is 5.32 Å². The third-order valence-electron chi connectivity index (χ3n) is 2.76. The van der Waals surface area contributed by atoms with E-state index in [0.29, 0.717) is 5.75 Å². The van der Waals surface area contributed by atoms with Crippen LogP contribution in [0.15, 0.2) is 48.5 Å². The van der Waals surface area contributed by atoms with Crippen LogP contribution in [-0.4, -0.2) is 18.4 Å². The zero-order chi connectivity index (χ0) is 15.2. The molecule has 0 radical (unpaired) electrons. The Balaban J connectivity index is 1.88.